The molecule has 2 rings (SSSR count). The Morgan fingerprint density at radius 2 is 1.76 bits per heavy atom. The number of anilines is 2. The highest BCUT2D eigenvalue weighted by atomic mass is 16.6. The average molecular weight is 347 g/mol. The number of hydrogen-bond acceptors (Lipinski definition) is 4. The van der Waals surface area contributed by atoms with Gasteiger partial charge in [0.1, 0.15) is 5.60 Å². The molecule has 1 aliphatic heterocycles. The lowest BCUT2D eigenvalue weighted by molar-refractivity contribution is -0.161. The van der Waals surface area contributed by atoms with Crippen molar-refractivity contribution in [3.05, 3.63) is 24.3 Å². The van der Waals surface area contributed by atoms with Crippen LogP contribution in [-0.4, -0.2) is 49.7 Å². The van der Waals surface area contributed by atoms with E-state index in [-0.39, 0.29) is 17.9 Å². The molecule has 0 aromatic heterocycles. The molecule has 0 atom stereocenters. The standard InChI is InChI=1S/C19H29N3O3/c1-19(2,3)25-17(23)14-10-12-22(13-11-14)18(24)20-15-8-6-7-9-16(15)21(4)5/h6-9,14H,10-13H2,1-5H3,(H,20,24). The van der Waals surface area contributed by atoms with Gasteiger partial charge >= 0.3 is 12.0 Å². The van der Waals surface area contributed by atoms with Crippen LogP contribution in [0, 0.1) is 5.92 Å². The Labute approximate surface area is 150 Å². The summed E-state index contributed by atoms with van der Waals surface area (Å²) in [6.45, 7) is 6.72. The number of hydrogen-bond donors (Lipinski definition) is 1. The summed E-state index contributed by atoms with van der Waals surface area (Å²) < 4.78 is 5.45. The molecule has 1 aromatic carbocycles. The number of nitrogens with zero attached hydrogens (tertiary/aromatic N) is 2. The van der Waals surface area contributed by atoms with Gasteiger partial charge in [-0.05, 0) is 45.7 Å². The lowest BCUT2D eigenvalue weighted by atomic mass is 9.97. The van der Waals surface area contributed by atoms with Crippen molar-refractivity contribution in [3.8, 4) is 0 Å². The Morgan fingerprint density at radius 3 is 2.32 bits per heavy atom. The molecule has 2 amide bonds. The van der Waals surface area contributed by atoms with Crippen LogP contribution in [0.4, 0.5) is 16.2 Å². The molecule has 138 valence electrons. The van der Waals surface area contributed by atoms with Crippen LogP contribution in [0.1, 0.15) is 33.6 Å². The van der Waals surface area contributed by atoms with Gasteiger partial charge in [0.05, 0.1) is 17.3 Å². The van der Waals surface area contributed by atoms with Crippen molar-refractivity contribution in [3.63, 3.8) is 0 Å². The molecule has 0 saturated carbocycles. The van der Waals surface area contributed by atoms with Gasteiger partial charge < -0.3 is 19.9 Å². The molecule has 0 spiro atoms. The summed E-state index contributed by atoms with van der Waals surface area (Å²) in [6, 6.07) is 7.57. The first-order valence-electron chi connectivity index (χ1n) is 8.72. The zero-order valence-electron chi connectivity index (χ0n) is 15.8. The molecule has 1 aromatic rings. The van der Waals surface area contributed by atoms with Gasteiger partial charge in [-0.25, -0.2) is 4.79 Å². The Kier molecular flexibility index (Phi) is 5.93. The van der Waals surface area contributed by atoms with E-state index in [2.05, 4.69) is 5.32 Å². The third-order valence-corrected chi connectivity index (χ3v) is 4.15. The summed E-state index contributed by atoms with van der Waals surface area (Å²) in [6.07, 6.45) is 1.27. The van der Waals surface area contributed by atoms with Crippen molar-refractivity contribution >= 4 is 23.4 Å². The fourth-order valence-corrected chi connectivity index (χ4v) is 2.87. The molecule has 1 saturated heterocycles. The predicted molar refractivity (Wildman–Crippen MR) is 99.9 cm³/mol. The van der Waals surface area contributed by atoms with Crippen LogP contribution in [0.3, 0.4) is 0 Å². The molecule has 6 heteroatoms. The Hall–Kier alpha value is -2.24. The van der Waals surface area contributed by atoms with E-state index in [1.165, 1.54) is 0 Å². The van der Waals surface area contributed by atoms with E-state index in [1.54, 1.807) is 4.90 Å². The summed E-state index contributed by atoms with van der Waals surface area (Å²) in [5.41, 5.74) is 1.27. The maximum atomic E-state index is 12.5. The quantitative estimate of drug-likeness (QED) is 0.852. The summed E-state index contributed by atoms with van der Waals surface area (Å²) in [4.78, 5) is 28.4. The minimum absolute atomic E-state index is 0.127. The van der Waals surface area contributed by atoms with Crippen LogP contribution < -0.4 is 10.2 Å². The number of para-hydroxylation sites is 2. The van der Waals surface area contributed by atoms with Gasteiger partial charge in [0.2, 0.25) is 0 Å². The van der Waals surface area contributed by atoms with Crippen molar-refractivity contribution in [2.45, 2.75) is 39.2 Å². The van der Waals surface area contributed by atoms with Gasteiger partial charge in [0.25, 0.3) is 0 Å². The summed E-state index contributed by atoms with van der Waals surface area (Å²) in [5, 5.41) is 2.97. The number of benzene rings is 1. The van der Waals surface area contributed by atoms with Crippen molar-refractivity contribution in [1.29, 1.82) is 0 Å². The molecule has 25 heavy (non-hydrogen) atoms. The molecular formula is C19H29N3O3. The molecule has 0 aliphatic carbocycles. The summed E-state index contributed by atoms with van der Waals surface area (Å²) in [5.74, 6) is -0.289. The Balaban J connectivity index is 1.91. The first-order chi connectivity index (χ1) is 11.7. The molecule has 0 radical (unpaired) electrons. The number of rotatable bonds is 3. The predicted octanol–water partition coefficient (Wildman–Crippen LogP) is 3.34. The number of esters is 1. The summed E-state index contributed by atoms with van der Waals surface area (Å²) in [7, 11) is 3.88. The fraction of sp³-hybridized carbons (Fsp3) is 0.579. The van der Waals surface area contributed by atoms with E-state index in [4.69, 9.17) is 4.74 Å². The number of piperidine rings is 1. The maximum absolute atomic E-state index is 12.5. The van der Waals surface area contributed by atoms with E-state index >= 15 is 0 Å². The number of nitrogens with one attached hydrogen (secondary N) is 1. The van der Waals surface area contributed by atoms with Gasteiger partial charge in [-0.1, -0.05) is 12.1 Å². The second kappa shape index (κ2) is 7.76. The molecule has 1 heterocycles. The number of urea groups is 1. The Bertz CT molecular complexity index is 615. The smallest absolute Gasteiger partial charge is 0.321 e. The normalized spacial score (nSPS) is 15.6. The molecule has 0 unspecified atom stereocenters. The fourth-order valence-electron chi connectivity index (χ4n) is 2.87. The highest BCUT2D eigenvalue weighted by molar-refractivity contribution is 5.93. The van der Waals surface area contributed by atoms with Gasteiger partial charge in [-0.2, -0.15) is 0 Å². The highest BCUT2D eigenvalue weighted by Crippen LogP contribution is 2.25. The zero-order valence-corrected chi connectivity index (χ0v) is 15.8. The molecule has 1 N–H and O–H groups in total. The minimum atomic E-state index is -0.471. The van der Waals surface area contributed by atoms with Crippen LogP contribution in [0.2, 0.25) is 0 Å². The van der Waals surface area contributed by atoms with Crippen molar-refractivity contribution < 1.29 is 14.3 Å². The number of likely N-dealkylation sites (tertiary alicyclic amines) is 1. The minimum Gasteiger partial charge on any atom is -0.460 e. The van der Waals surface area contributed by atoms with Crippen LogP contribution in [0.5, 0.6) is 0 Å². The van der Waals surface area contributed by atoms with Gasteiger partial charge in [-0.3, -0.25) is 4.79 Å². The highest BCUT2D eigenvalue weighted by Gasteiger charge is 2.30. The van der Waals surface area contributed by atoms with Crippen LogP contribution in [0.25, 0.3) is 0 Å². The van der Waals surface area contributed by atoms with E-state index in [0.717, 1.165) is 11.4 Å². The lowest BCUT2D eigenvalue weighted by Gasteiger charge is -2.32. The van der Waals surface area contributed by atoms with Crippen LogP contribution >= 0.6 is 0 Å². The third-order valence-electron chi connectivity index (χ3n) is 4.15. The van der Waals surface area contributed by atoms with E-state index < -0.39 is 5.60 Å². The van der Waals surface area contributed by atoms with Gasteiger partial charge in [0.15, 0.2) is 0 Å². The Morgan fingerprint density at radius 1 is 1.16 bits per heavy atom. The van der Waals surface area contributed by atoms with Crippen LogP contribution in [-0.2, 0) is 9.53 Å². The van der Waals surface area contributed by atoms with Gasteiger partial charge in [-0.15, -0.1) is 0 Å². The first kappa shape index (κ1) is 19.1. The van der Waals surface area contributed by atoms with Crippen molar-refractivity contribution in [2.24, 2.45) is 5.92 Å². The number of carbonyl (C=O) groups excluding carboxylic acids is 2. The SMILES string of the molecule is CN(C)c1ccccc1NC(=O)N1CCC(C(=O)OC(C)(C)C)CC1. The monoisotopic (exact) mass is 347 g/mol. The zero-order chi connectivity index (χ0) is 18.6. The molecule has 6 nitrogen and oxygen atoms in total. The molecule has 0 bridgehead atoms. The maximum Gasteiger partial charge on any atom is 0.321 e. The third kappa shape index (κ3) is 5.37. The van der Waals surface area contributed by atoms with E-state index in [0.29, 0.717) is 25.9 Å². The molecular weight excluding hydrogens is 318 g/mol. The second-order valence-corrected chi connectivity index (χ2v) is 7.64. The topological polar surface area (TPSA) is 61.9 Å². The van der Waals surface area contributed by atoms with Crippen LogP contribution in [0.15, 0.2) is 24.3 Å². The van der Waals surface area contributed by atoms with Crippen molar-refractivity contribution in [1.82, 2.24) is 4.90 Å². The summed E-state index contributed by atoms with van der Waals surface area (Å²) >= 11 is 0. The number of carbonyl (C=O) groups is 2. The molecule has 1 fully saturated rings. The largest absolute Gasteiger partial charge is 0.460 e. The van der Waals surface area contributed by atoms with Crippen molar-refractivity contribution in [2.75, 3.05) is 37.4 Å². The molecule has 1 aliphatic rings. The lowest BCUT2D eigenvalue weighted by Crippen LogP contribution is -2.43. The van der Waals surface area contributed by atoms with Gasteiger partial charge in [0, 0.05) is 27.2 Å². The average Bonchev–Trinajstić information content (AvgIpc) is 2.53. The second-order valence-electron chi connectivity index (χ2n) is 7.64. The number of ether oxygens (including phenoxy) is 1. The number of amides is 2. The first-order valence-corrected chi connectivity index (χ1v) is 8.72. The van der Waals surface area contributed by atoms with E-state index in [9.17, 15) is 9.59 Å². The van der Waals surface area contributed by atoms with E-state index in [1.807, 2.05) is 64.0 Å².